The van der Waals surface area contributed by atoms with Crippen LogP contribution in [0.2, 0.25) is 0 Å². The van der Waals surface area contributed by atoms with Gasteiger partial charge in [-0.2, -0.15) is 0 Å². The van der Waals surface area contributed by atoms with Gasteiger partial charge in [-0.25, -0.2) is 18.4 Å². The predicted molar refractivity (Wildman–Crippen MR) is 86.1 cm³/mol. The van der Waals surface area contributed by atoms with Crippen LogP contribution in [0.5, 0.6) is 0 Å². The number of hydrogen-bond donors (Lipinski definition) is 0. The molecule has 4 heterocycles. The van der Waals surface area contributed by atoms with Gasteiger partial charge in [-0.1, -0.05) is 5.21 Å². The van der Waals surface area contributed by atoms with Crippen LogP contribution in [0.4, 0.5) is 8.78 Å². The zero-order chi connectivity index (χ0) is 19.0. The highest BCUT2D eigenvalue weighted by Gasteiger charge is 2.47. The molecule has 0 saturated carbocycles. The predicted octanol–water partition coefficient (Wildman–Crippen LogP) is 1.05. The van der Waals surface area contributed by atoms with Crippen LogP contribution >= 0.6 is 0 Å². The summed E-state index contributed by atoms with van der Waals surface area (Å²) in [6, 6.07) is -0.791. The van der Waals surface area contributed by atoms with E-state index in [0.717, 1.165) is 30.4 Å². The molecule has 4 rings (SSSR count). The van der Waals surface area contributed by atoms with Gasteiger partial charge in [0.25, 0.3) is 17.7 Å². The quantitative estimate of drug-likeness (QED) is 0.787. The molecule has 2 fully saturated rings. The first-order chi connectivity index (χ1) is 12.9. The van der Waals surface area contributed by atoms with Crippen molar-refractivity contribution in [2.75, 3.05) is 19.6 Å². The van der Waals surface area contributed by atoms with E-state index in [1.54, 1.807) is 4.90 Å². The zero-order valence-electron chi connectivity index (χ0n) is 14.4. The van der Waals surface area contributed by atoms with Crippen molar-refractivity contribution in [1.29, 1.82) is 0 Å². The van der Waals surface area contributed by atoms with Crippen molar-refractivity contribution in [1.82, 2.24) is 29.8 Å². The fraction of sp³-hybridized carbons (Fsp3) is 0.562. The van der Waals surface area contributed by atoms with E-state index in [9.17, 15) is 18.4 Å². The van der Waals surface area contributed by atoms with Gasteiger partial charge in [0.15, 0.2) is 17.8 Å². The first-order valence-electron chi connectivity index (χ1n) is 8.69. The second-order valence-electron chi connectivity index (χ2n) is 6.85. The summed E-state index contributed by atoms with van der Waals surface area (Å²) in [5, 5.41) is 7.74. The summed E-state index contributed by atoms with van der Waals surface area (Å²) in [5.74, 6) is -3.84. The maximum absolute atomic E-state index is 13.9. The molecule has 11 heteroatoms. The Morgan fingerprint density at radius 3 is 2.70 bits per heavy atom. The van der Waals surface area contributed by atoms with Gasteiger partial charge in [-0.15, -0.1) is 5.10 Å². The highest BCUT2D eigenvalue weighted by molar-refractivity contribution is 5.92. The zero-order valence-corrected chi connectivity index (χ0v) is 14.4. The van der Waals surface area contributed by atoms with E-state index in [2.05, 4.69) is 15.3 Å². The summed E-state index contributed by atoms with van der Waals surface area (Å²) in [7, 11) is 0. The molecule has 0 aromatic carbocycles. The van der Waals surface area contributed by atoms with E-state index in [-0.39, 0.29) is 23.8 Å². The number of rotatable bonds is 4. The minimum Gasteiger partial charge on any atom is -0.451 e. The summed E-state index contributed by atoms with van der Waals surface area (Å²) < 4.78 is 34.0. The van der Waals surface area contributed by atoms with Crippen molar-refractivity contribution in [3.8, 4) is 0 Å². The van der Waals surface area contributed by atoms with E-state index >= 15 is 0 Å². The van der Waals surface area contributed by atoms with Crippen LogP contribution < -0.4 is 0 Å². The Hall–Kier alpha value is -2.85. The van der Waals surface area contributed by atoms with Gasteiger partial charge in [0.2, 0.25) is 0 Å². The average molecular weight is 380 g/mol. The molecule has 0 radical (unpaired) electrons. The average Bonchev–Trinajstić information content (AvgIpc) is 3.41. The largest absolute Gasteiger partial charge is 0.451 e. The Bertz CT molecular complexity index is 831. The number of oxazole rings is 1. The lowest BCUT2D eigenvalue weighted by atomic mass is 10.2. The van der Waals surface area contributed by atoms with Gasteiger partial charge in [-0.3, -0.25) is 9.59 Å². The molecule has 2 amide bonds. The minimum absolute atomic E-state index is 0.0134. The van der Waals surface area contributed by atoms with Crippen LogP contribution in [-0.4, -0.2) is 73.2 Å². The third-order valence-electron chi connectivity index (χ3n) is 4.84. The maximum atomic E-state index is 13.9. The van der Waals surface area contributed by atoms with Crippen molar-refractivity contribution in [3.05, 3.63) is 30.2 Å². The third-order valence-corrected chi connectivity index (χ3v) is 4.84. The van der Waals surface area contributed by atoms with Gasteiger partial charge in [0, 0.05) is 19.5 Å². The lowest BCUT2D eigenvalue weighted by Gasteiger charge is -2.22. The number of nitrogens with zero attached hydrogens (tertiary/aromatic N) is 6. The summed E-state index contributed by atoms with van der Waals surface area (Å²) in [4.78, 5) is 31.3. The fourth-order valence-corrected chi connectivity index (χ4v) is 3.55. The van der Waals surface area contributed by atoms with E-state index in [1.165, 1.54) is 10.9 Å². The van der Waals surface area contributed by atoms with Gasteiger partial charge in [0.1, 0.15) is 6.26 Å². The number of carbonyl (C=O) groups excluding carboxylic acids is 2. The van der Waals surface area contributed by atoms with Gasteiger partial charge in [-0.05, 0) is 12.8 Å². The Labute approximate surface area is 152 Å². The topological polar surface area (TPSA) is 97.4 Å². The number of likely N-dealkylation sites (tertiary alicyclic amines) is 2. The number of halogens is 2. The first-order valence-corrected chi connectivity index (χ1v) is 8.69. The van der Waals surface area contributed by atoms with Crippen molar-refractivity contribution >= 4 is 11.8 Å². The molecule has 144 valence electrons. The summed E-state index contributed by atoms with van der Waals surface area (Å²) in [6.45, 7) is 0.679. The van der Waals surface area contributed by atoms with Crippen LogP contribution in [0.15, 0.2) is 23.3 Å². The lowest BCUT2D eigenvalue weighted by molar-refractivity contribution is 0.0116. The van der Waals surface area contributed by atoms with Crippen LogP contribution in [0.1, 0.15) is 40.2 Å². The Kier molecular flexibility index (Phi) is 4.36. The normalized spacial score (nSPS) is 21.8. The molecule has 0 unspecified atom stereocenters. The number of carbonyl (C=O) groups is 2. The number of hydrogen-bond acceptors (Lipinski definition) is 6. The highest BCUT2D eigenvalue weighted by atomic mass is 19.3. The van der Waals surface area contributed by atoms with Crippen LogP contribution in [0, 0.1) is 0 Å². The molecule has 2 aromatic heterocycles. The third kappa shape index (κ3) is 3.53. The van der Waals surface area contributed by atoms with Crippen molar-refractivity contribution in [2.24, 2.45) is 0 Å². The van der Waals surface area contributed by atoms with E-state index in [4.69, 9.17) is 4.42 Å². The molecule has 0 N–H and O–H groups in total. The molecule has 1 atom stereocenters. The summed E-state index contributed by atoms with van der Waals surface area (Å²) >= 11 is 0. The van der Waals surface area contributed by atoms with Crippen molar-refractivity contribution in [2.45, 2.75) is 37.8 Å². The molecule has 0 spiro atoms. The first kappa shape index (κ1) is 17.6. The van der Waals surface area contributed by atoms with Crippen molar-refractivity contribution < 1.29 is 22.8 Å². The van der Waals surface area contributed by atoms with Crippen LogP contribution in [0.3, 0.4) is 0 Å². The maximum Gasteiger partial charge on any atom is 0.276 e. The molecule has 9 nitrogen and oxygen atoms in total. The molecular formula is C16H18F2N6O3. The smallest absolute Gasteiger partial charge is 0.276 e. The fourth-order valence-electron chi connectivity index (χ4n) is 3.55. The second kappa shape index (κ2) is 6.71. The molecule has 2 aliphatic heterocycles. The Balaban J connectivity index is 1.48. The molecule has 2 saturated heterocycles. The minimum atomic E-state index is -3.00. The SMILES string of the molecule is O=C(c1cn(C[C@@H]2CC(F)(F)CN2C(=O)c2cocn2)nn1)N1CCCC1. The Morgan fingerprint density at radius 1 is 1.22 bits per heavy atom. The molecular weight excluding hydrogens is 362 g/mol. The van der Waals surface area contributed by atoms with Crippen LogP contribution in [0.25, 0.3) is 0 Å². The molecule has 27 heavy (non-hydrogen) atoms. The van der Waals surface area contributed by atoms with Crippen molar-refractivity contribution in [3.63, 3.8) is 0 Å². The molecule has 0 bridgehead atoms. The number of amides is 2. The Morgan fingerprint density at radius 2 is 2.00 bits per heavy atom. The summed E-state index contributed by atoms with van der Waals surface area (Å²) in [5.41, 5.74) is 0.150. The van der Waals surface area contributed by atoms with E-state index in [0.29, 0.717) is 13.1 Å². The highest BCUT2D eigenvalue weighted by Crippen LogP contribution is 2.33. The monoisotopic (exact) mass is 380 g/mol. The summed E-state index contributed by atoms with van der Waals surface area (Å²) in [6.07, 6.45) is 5.05. The molecule has 2 aromatic rings. The van der Waals surface area contributed by atoms with Gasteiger partial charge >= 0.3 is 0 Å². The molecule has 2 aliphatic rings. The molecule has 0 aliphatic carbocycles. The second-order valence-corrected chi connectivity index (χ2v) is 6.85. The van der Waals surface area contributed by atoms with Gasteiger partial charge in [0.05, 0.1) is 25.3 Å². The van der Waals surface area contributed by atoms with Gasteiger partial charge < -0.3 is 14.2 Å². The van der Waals surface area contributed by atoms with E-state index in [1.807, 2.05) is 0 Å². The number of aromatic nitrogens is 4. The lowest BCUT2D eigenvalue weighted by Crippen LogP contribution is -2.39. The van der Waals surface area contributed by atoms with Crippen LogP contribution in [-0.2, 0) is 6.54 Å². The number of alkyl halides is 2. The van der Waals surface area contributed by atoms with E-state index < -0.39 is 30.8 Å². The standard InChI is InChI=1S/C16H18F2N6O3/c17-16(18)5-11(24(9-16)15(26)13-8-27-10-19-13)6-23-7-12(20-21-23)14(25)22-3-1-2-4-22/h7-8,10-11H,1-6,9H2/t11-/m0/s1.